The quantitative estimate of drug-likeness (QED) is 0.743. The molecule has 0 radical (unpaired) electrons. The van der Waals surface area contributed by atoms with Crippen molar-refractivity contribution in [1.82, 2.24) is 9.97 Å². The van der Waals surface area contributed by atoms with Gasteiger partial charge in [-0.15, -0.1) is 0 Å². The molecule has 3 N–H and O–H groups in total. The number of H-pyrrole nitrogens is 2. The van der Waals surface area contributed by atoms with Gasteiger partial charge in [0.2, 0.25) is 0 Å². The van der Waals surface area contributed by atoms with Crippen molar-refractivity contribution in [2.24, 2.45) is 0 Å². The highest BCUT2D eigenvalue weighted by Gasteiger charge is 2.11. The van der Waals surface area contributed by atoms with Gasteiger partial charge in [-0.1, -0.05) is 0 Å². The highest BCUT2D eigenvalue weighted by Crippen LogP contribution is 2.15. The van der Waals surface area contributed by atoms with Gasteiger partial charge in [0.25, 0.3) is 11.5 Å². The molecule has 19 heavy (non-hydrogen) atoms. The molecule has 2 rings (SSSR count). The molecular formula is C11H7F2N3O3. The van der Waals surface area contributed by atoms with Crippen molar-refractivity contribution in [3.05, 3.63) is 62.4 Å². The van der Waals surface area contributed by atoms with Crippen molar-refractivity contribution >= 4 is 11.6 Å². The first-order valence-electron chi connectivity index (χ1n) is 5.06. The SMILES string of the molecule is O=C(Nc1ccc(F)cc1F)c1cc(=O)[nH]c(=O)[nH]1. The largest absolute Gasteiger partial charge is 0.326 e. The van der Waals surface area contributed by atoms with Gasteiger partial charge in [0, 0.05) is 12.1 Å². The van der Waals surface area contributed by atoms with Gasteiger partial charge in [-0.3, -0.25) is 14.6 Å². The van der Waals surface area contributed by atoms with Gasteiger partial charge in [0.15, 0.2) is 0 Å². The number of carbonyl (C=O) groups excluding carboxylic acids is 1. The molecule has 0 saturated heterocycles. The Kier molecular flexibility index (Phi) is 3.23. The lowest BCUT2D eigenvalue weighted by atomic mass is 10.3. The average Bonchev–Trinajstić information content (AvgIpc) is 2.31. The Bertz CT molecular complexity index is 723. The van der Waals surface area contributed by atoms with E-state index in [-0.39, 0.29) is 11.4 Å². The van der Waals surface area contributed by atoms with Crippen LogP contribution in [0.15, 0.2) is 33.9 Å². The number of carbonyl (C=O) groups is 1. The predicted molar refractivity (Wildman–Crippen MR) is 62.0 cm³/mol. The number of benzene rings is 1. The first-order valence-corrected chi connectivity index (χ1v) is 5.06. The zero-order chi connectivity index (χ0) is 14.0. The van der Waals surface area contributed by atoms with Crippen LogP contribution in [-0.4, -0.2) is 15.9 Å². The molecule has 0 unspecified atom stereocenters. The van der Waals surface area contributed by atoms with Gasteiger partial charge in [0.1, 0.15) is 17.3 Å². The molecule has 1 aromatic heterocycles. The second-order valence-electron chi connectivity index (χ2n) is 3.58. The van der Waals surface area contributed by atoms with E-state index in [1.54, 1.807) is 0 Å². The normalized spacial score (nSPS) is 10.2. The van der Waals surface area contributed by atoms with Crippen LogP contribution in [0.25, 0.3) is 0 Å². The second-order valence-corrected chi connectivity index (χ2v) is 3.58. The lowest BCUT2D eigenvalue weighted by Gasteiger charge is -2.05. The molecule has 0 aliphatic carbocycles. The maximum absolute atomic E-state index is 13.3. The van der Waals surface area contributed by atoms with E-state index in [2.05, 4.69) is 10.3 Å². The van der Waals surface area contributed by atoms with Crippen LogP contribution in [-0.2, 0) is 0 Å². The van der Waals surface area contributed by atoms with E-state index in [0.29, 0.717) is 6.07 Å². The molecule has 1 amide bonds. The molecular weight excluding hydrogens is 260 g/mol. The summed E-state index contributed by atoms with van der Waals surface area (Å²) in [5, 5.41) is 2.10. The smallest absolute Gasteiger partial charge is 0.318 e. The molecule has 0 bridgehead atoms. The molecule has 1 aromatic carbocycles. The Labute approximate surface area is 104 Å². The van der Waals surface area contributed by atoms with Crippen LogP contribution in [0.2, 0.25) is 0 Å². The summed E-state index contributed by atoms with van der Waals surface area (Å²) in [7, 11) is 0. The van der Waals surface area contributed by atoms with E-state index in [1.807, 2.05) is 4.98 Å². The van der Waals surface area contributed by atoms with Gasteiger partial charge >= 0.3 is 5.69 Å². The van der Waals surface area contributed by atoms with E-state index in [9.17, 15) is 23.2 Å². The highest BCUT2D eigenvalue weighted by atomic mass is 19.1. The molecule has 8 heteroatoms. The van der Waals surface area contributed by atoms with Crippen LogP contribution in [0, 0.1) is 11.6 Å². The van der Waals surface area contributed by atoms with Gasteiger partial charge in [-0.25, -0.2) is 13.6 Å². The van der Waals surface area contributed by atoms with Crippen LogP contribution in [0.1, 0.15) is 10.5 Å². The maximum atomic E-state index is 13.3. The van der Waals surface area contributed by atoms with Crippen molar-refractivity contribution in [2.75, 3.05) is 5.32 Å². The van der Waals surface area contributed by atoms with Gasteiger partial charge < -0.3 is 10.3 Å². The molecule has 1 heterocycles. The number of anilines is 1. The zero-order valence-corrected chi connectivity index (χ0v) is 9.29. The lowest BCUT2D eigenvalue weighted by molar-refractivity contribution is 0.102. The van der Waals surface area contributed by atoms with Crippen LogP contribution in [0.3, 0.4) is 0 Å². The summed E-state index contributed by atoms with van der Waals surface area (Å²) in [4.78, 5) is 37.6. The second kappa shape index (κ2) is 4.84. The third kappa shape index (κ3) is 2.92. The van der Waals surface area contributed by atoms with E-state index >= 15 is 0 Å². The fourth-order valence-corrected chi connectivity index (χ4v) is 1.37. The number of hydrogen-bond donors (Lipinski definition) is 3. The zero-order valence-electron chi connectivity index (χ0n) is 9.29. The number of amides is 1. The summed E-state index contributed by atoms with van der Waals surface area (Å²) in [5.74, 6) is -2.66. The number of nitrogens with one attached hydrogen (secondary N) is 3. The monoisotopic (exact) mass is 267 g/mol. The van der Waals surface area contributed by atoms with E-state index in [0.717, 1.165) is 18.2 Å². The van der Waals surface area contributed by atoms with Gasteiger partial charge in [0.05, 0.1) is 5.69 Å². The molecule has 0 spiro atoms. The minimum absolute atomic E-state index is 0.271. The Hall–Kier alpha value is -2.77. The van der Waals surface area contributed by atoms with Crippen molar-refractivity contribution in [2.45, 2.75) is 0 Å². The summed E-state index contributed by atoms with van der Waals surface area (Å²) in [6, 6.07) is 3.42. The number of hydrogen-bond acceptors (Lipinski definition) is 3. The van der Waals surface area contributed by atoms with Crippen molar-refractivity contribution in [1.29, 1.82) is 0 Å². The van der Waals surface area contributed by atoms with E-state index in [4.69, 9.17) is 0 Å². The molecule has 0 atom stereocenters. The standard InChI is InChI=1S/C11H7F2N3O3/c12-5-1-2-7(6(13)3-5)14-10(18)8-4-9(17)16-11(19)15-8/h1-4H,(H,14,18)(H2,15,16,17,19). The number of rotatable bonds is 2. The molecule has 2 aromatic rings. The van der Waals surface area contributed by atoms with Crippen LogP contribution < -0.4 is 16.6 Å². The minimum Gasteiger partial charge on any atom is -0.318 e. The van der Waals surface area contributed by atoms with Crippen LogP contribution >= 0.6 is 0 Å². The lowest BCUT2D eigenvalue weighted by Crippen LogP contribution is -2.27. The maximum Gasteiger partial charge on any atom is 0.326 e. The Morgan fingerprint density at radius 2 is 1.84 bits per heavy atom. The summed E-state index contributed by atoms with van der Waals surface area (Å²) in [6.07, 6.45) is 0. The summed E-state index contributed by atoms with van der Waals surface area (Å²) in [5.41, 5.74) is -2.24. The fourth-order valence-electron chi connectivity index (χ4n) is 1.37. The van der Waals surface area contributed by atoms with Crippen molar-refractivity contribution in [3.8, 4) is 0 Å². The molecule has 0 saturated carbocycles. The molecule has 0 fully saturated rings. The first-order chi connectivity index (χ1) is 8.95. The van der Waals surface area contributed by atoms with E-state index < -0.39 is 28.8 Å². The highest BCUT2D eigenvalue weighted by molar-refractivity contribution is 6.02. The fraction of sp³-hybridized carbons (Fsp3) is 0. The Morgan fingerprint density at radius 3 is 2.47 bits per heavy atom. The van der Waals surface area contributed by atoms with Gasteiger partial charge in [-0.05, 0) is 12.1 Å². The third-order valence-electron chi connectivity index (χ3n) is 2.18. The molecule has 0 aliphatic heterocycles. The van der Waals surface area contributed by atoms with Crippen LogP contribution in [0.4, 0.5) is 14.5 Å². The first kappa shape index (κ1) is 12.7. The molecule has 6 nitrogen and oxygen atoms in total. The van der Waals surface area contributed by atoms with Crippen molar-refractivity contribution < 1.29 is 13.6 Å². The molecule has 98 valence electrons. The number of aromatic amines is 2. The van der Waals surface area contributed by atoms with E-state index in [1.165, 1.54) is 0 Å². The van der Waals surface area contributed by atoms with Crippen LogP contribution in [0.5, 0.6) is 0 Å². The number of halogens is 2. The Morgan fingerprint density at radius 1 is 1.11 bits per heavy atom. The third-order valence-corrected chi connectivity index (χ3v) is 2.18. The summed E-state index contributed by atoms with van der Waals surface area (Å²) in [6.45, 7) is 0. The number of aromatic nitrogens is 2. The summed E-state index contributed by atoms with van der Waals surface area (Å²) >= 11 is 0. The minimum atomic E-state index is -0.972. The summed E-state index contributed by atoms with van der Waals surface area (Å²) < 4.78 is 26.0. The molecule has 0 aliphatic rings. The topological polar surface area (TPSA) is 94.8 Å². The Balaban J connectivity index is 2.30. The van der Waals surface area contributed by atoms with Gasteiger partial charge in [-0.2, -0.15) is 0 Å². The predicted octanol–water partition coefficient (Wildman–Crippen LogP) is 0.594. The van der Waals surface area contributed by atoms with Crippen molar-refractivity contribution in [3.63, 3.8) is 0 Å². The average molecular weight is 267 g/mol.